The Labute approximate surface area is 162 Å². The molecule has 0 spiro atoms. The molecule has 4 heteroatoms. The van der Waals surface area contributed by atoms with Gasteiger partial charge in [0.25, 0.3) is 0 Å². The fraction of sp³-hybridized carbons (Fsp3) is 0.500. The first-order valence-electron chi connectivity index (χ1n) is 9.77. The Hall–Kier alpha value is -1.74. The summed E-state index contributed by atoms with van der Waals surface area (Å²) in [5.41, 5.74) is 6.25. The van der Waals surface area contributed by atoms with Gasteiger partial charge >= 0.3 is 0 Å². The van der Waals surface area contributed by atoms with E-state index in [1.165, 1.54) is 41.6 Å². The molecule has 1 aliphatic heterocycles. The second-order valence-electron chi connectivity index (χ2n) is 7.36. The van der Waals surface area contributed by atoms with Gasteiger partial charge in [-0.15, -0.1) is 0 Å². The van der Waals surface area contributed by atoms with E-state index in [4.69, 9.17) is 16.7 Å². The van der Waals surface area contributed by atoms with Crippen molar-refractivity contribution >= 4 is 23.1 Å². The summed E-state index contributed by atoms with van der Waals surface area (Å²) in [4.78, 5) is 2.32. The lowest BCUT2D eigenvalue weighted by Gasteiger charge is -2.30. The highest BCUT2D eigenvalue weighted by Gasteiger charge is 2.27. The summed E-state index contributed by atoms with van der Waals surface area (Å²) in [5, 5.41) is 5.70. The smallest absolute Gasteiger partial charge is 0.158 e. The van der Waals surface area contributed by atoms with Crippen LogP contribution in [0.15, 0.2) is 24.3 Å². The minimum atomic E-state index is 0.821. The molecule has 0 atom stereocenters. The lowest BCUT2D eigenvalue weighted by molar-refractivity contribution is 0.722. The molecule has 3 rings (SSSR count). The normalized spacial score (nSPS) is 14.3. The SMILES string of the molecule is CCCCC=CCc1c2c(nn1C)N(c1c(C)cc(C)cc1Cl)CCC2. The Morgan fingerprint density at radius 1 is 1.23 bits per heavy atom. The van der Waals surface area contributed by atoms with Gasteiger partial charge in [0.15, 0.2) is 5.82 Å². The summed E-state index contributed by atoms with van der Waals surface area (Å²) in [5.74, 6) is 1.09. The highest BCUT2D eigenvalue weighted by Crippen LogP contribution is 2.40. The molecule has 0 N–H and O–H groups in total. The molecule has 26 heavy (non-hydrogen) atoms. The topological polar surface area (TPSA) is 21.1 Å². The van der Waals surface area contributed by atoms with Crippen molar-refractivity contribution in [3.63, 3.8) is 0 Å². The van der Waals surface area contributed by atoms with Crippen LogP contribution in [0.2, 0.25) is 5.02 Å². The van der Waals surface area contributed by atoms with Crippen molar-refractivity contribution in [1.82, 2.24) is 9.78 Å². The van der Waals surface area contributed by atoms with E-state index in [0.717, 1.165) is 42.3 Å². The van der Waals surface area contributed by atoms with Gasteiger partial charge in [0, 0.05) is 31.3 Å². The van der Waals surface area contributed by atoms with E-state index in [-0.39, 0.29) is 0 Å². The van der Waals surface area contributed by atoms with E-state index in [0.29, 0.717) is 0 Å². The summed E-state index contributed by atoms with van der Waals surface area (Å²) in [7, 11) is 2.06. The van der Waals surface area contributed by atoms with Crippen LogP contribution in [-0.4, -0.2) is 16.3 Å². The van der Waals surface area contributed by atoms with Crippen molar-refractivity contribution in [3.05, 3.63) is 51.7 Å². The van der Waals surface area contributed by atoms with Crippen LogP contribution < -0.4 is 4.90 Å². The van der Waals surface area contributed by atoms with Gasteiger partial charge in [-0.25, -0.2) is 0 Å². The minimum Gasteiger partial charge on any atom is -0.323 e. The van der Waals surface area contributed by atoms with Crippen LogP contribution in [0.1, 0.15) is 55.0 Å². The van der Waals surface area contributed by atoms with E-state index in [1.54, 1.807) is 0 Å². The molecule has 0 amide bonds. The van der Waals surface area contributed by atoms with Gasteiger partial charge in [0.1, 0.15) is 0 Å². The zero-order valence-corrected chi connectivity index (χ0v) is 17.2. The second kappa shape index (κ2) is 8.30. The Morgan fingerprint density at radius 3 is 2.77 bits per heavy atom. The van der Waals surface area contributed by atoms with Crippen molar-refractivity contribution in [2.24, 2.45) is 7.05 Å². The Bertz CT molecular complexity index is 781. The molecule has 0 saturated heterocycles. The average molecular weight is 372 g/mol. The van der Waals surface area contributed by atoms with E-state index < -0.39 is 0 Å². The summed E-state index contributed by atoms with van der Waals surface area (Å²) in [6.45, 7) is 7.44. The van der Waals surface area contributed by atoms with Crippen LogP contribution in [0.25, 0.3) is 0 Å². The third-order valence-electron chi connectivity index (χ3n) is 5.19. The quantitative estimate of drug-likeness (QED) is 0.454. The van der Waals surface area contributed by atoms with Gasteiger partial charge in [-0.05, 0) is 50.3 Å². The van der Waals surface area contributed by atoms with Crippen molar-refractivity contribution in [2.45, 2.75) is 59.3 Å². The number of rotatable bonds is 6. The molecule has 0 bridgehead atoms. The molecular weight excluding hydrogens is 342 g/mol. The van der Waals surface area contributed by atoms with Gasteiger partial charge in [0.05, 0.1) is 10.7 Å². The number of allylic oxidation sites excluding steroid dienone is 2. The van der Waals surface area contributed by atoms with Gasteiger partial charge in [0.2, 0.25) is 0 Å². The summed E-state index contributed by atoms with van der Waals surface area (Å²) < 4.78 is 2.06. The van der Waals surface area contributed by atoms with Gasteiger partial charge in [-0.2, -0.15) is 5.10 Å². The first-order chi connectivity index (χ1) is 12.5. The molecule has 140 valence electrons. The second-order valence-corrected chi connectivity index (χ2v) is 7.76. The lowest BCUT2D eigenvalue weighted by atomic mass is 10.0. The standard InChI is InChI=1S/C22H30ClN3/c1-5-6-7-8-9-12-20-18-11-10-13-26(22(18)24-25(20)4)21-17(3)14-16(2)15-19(21)23/h8-9,14-15H,5-7,10-13H2,1-4H3. The summed E-state index contributed by atoms with van der Waals surface area (Å²) >= 11 is 6.63. The number of hydrogen-bond donors (Lipinski definition) is 0. The first kappa shape index (κ1) is 19.0. The van der Waals surface area contributed by atoms with Crippen LogP contribution in [0.5, 0.6) is 0 Å². The number of halogens is 1. The van der Waals surface area contributed by atoms with E-state index in [9.17, 15) is 0 Å². The summed E-state index contributed by atoms with van der Waals surface area (Å²) in [6, 6.07) is 4.26. The van der Waals surface area contributed by atoms with Crippen molar-refractivity contribution in [2.75, 3.05) is 11.4 Å². The van der Waals surface area contributed by atoms with Crippen molar-refractivity contribution in [1.29, 1.82) is 0 Å². The maximum Gasteiger partial charge on any atom is 0.158 e. The third-order valence-corrected chi connectivity index (χ3v) is 5.48. The zero-order chi connectivity index (χ0) is 18.7. The fourth-order valence-corrected chi connectivity index (χ4v) is 4.36. The maximum atomic E-state index is 6.63. The number of anilines is 2. The predicted octanol–water partition coefficient (Wildman–Crippen LogP) is 6.06. The van der Waals surface area contributed by atoms with Gasteiger partial charge in [-0.1, -0.05) is 49.6 Å². The number of fused-ring (bicyclic) bond motifs is 1. The Kier molecular flexibility index (Phi) is 6.08. The largest absolute Gasteiger partial charge is 0.323 e. The van der Waals surface area contributed by atoms with Crippen LogP contribution in [0, 0.1) is 13.8 Å². The first-order valence-corrected chi connectivity index (χ1v) is 10.1. The van der Waals surface area contributed by atoms with Crippen LogP contribution in [-0.2, 0) is 19.9 Å². The third kappa shape index (κ3) is 3.83. The lowest BCUT2D eigenvalue weighted by Crippen LogP contribution is -2.25. The van der Waals surface area contributed by atoms with Crippen LogP contribution in [0.3, 0.4) is 0 Å². The van der Waals surface area contributed by atoms with Crippen molar-refractivity contribution in [3.8, 4) is 0 Å². The Balaban J connectivity index is 1.92. The van der Waals surface area contributed by atoms with E-state index in [1.807, 2.05) is 0 Å². The molecule has 0 saturated carbocycles. The van der Waals surface area contributed by atoms with Gasteiger partial charge < -0.3 is 4.90 Å². The molecule has 0 aliphatic carbocycles. The van der Waals surface area contributed by atoms with E-state index >= 15 is 0 Å². The van der Waals surface area contributed by atoms with Crippen LogP contribution >= 0.6 is 11.6 Å². The molecule has 2 heterocycles. The monoisotopic (exact) mass is 371 g/mol. The molecular formula is C22H30ClN3. The number of aryl methyl sites for hydroxylation is 3. The predicted molar refractivity (Wildman–Crippen MR) is 112 cm³/mol. The highest BCUT2D eigenvalue weighted by atomic mass is 35.5. The van der Waals surface area contributed by atoms with Crippen LogP contribution in [0.4, 0.5) is 11.5 Å². The number of aromatic nitrogens is 2. The molecule has 2 aromatic rings. The maximum absolute atomic E-state index is 6.63. The number of hydrogen-bond acceptors (Lipinski definition) is 2. The average Bonchev–Trinajstić information content (AvgIpc) is 2.90. The molecule has 1 aliphatic rings. The molecule has 0 fully saturated rings. The molecule has 0 unspecified atom stereocenters. The number of unbranched alkanes of at least 4 members (excludes halogenated alkanes) is 2. The number of benzene rings is 1. The van der Waals surface area contributed by atoms with Gasteiger partial charge in [-0.3, -0.25) is 4.68 Å². The number of nitrogens with zero attached hydrogens (tertiary/aromatic N) is 3. The van der Waals surface area contributed by atoms with Crippen molar-refractivity contribution < 1.29 is 0 Å². The zero-order valence-electron chi connectivity index (χ0n) is 16.5. The minimum absolute atomic E-state index is 0.821. The van der Waals surface area contributed by atoms with E-state index in [2.05, 4.69) is 61.7 Å². The highest BCUT2D eigenvalue weighted by molar-refractivity contribution is 6.33. The molecule has 1 aromatic heterocycles. The fourth-order valence-electron chi connectivity index (χ4n) is 3.94. The molecule has 1 aromatic carbocycles. The summed E-state index contributed by atoms with van der Waals surface area (Å²) in [6.07, 6.45) is 11.5. The Morgan fingerprint density at radius 2 is 2.04 bits per heavy atom. The molecule has 3 nitrogen and oxygen atoms in total. The molecule has 0 radical (unpaired) electrons.